The largest absolute Gasteiger partial charge is 0.122 e. The first kappa shape index (κ1) is 13.2. The van der Waals surface area contributed by atoms with Gasteiger partial charge in [-0.1, -0.05) is 63.2 Å². The highest BCUT2D eigenvalue weighted by Crippen LogP contribution is 2.26. The lowest BCUT2D eigenvalue weighted by Gasteiger charge is -2.19. The van der Waals surface area contributed by atoms with E-state index in [0.717, 1.165) is 5.56 Å². The number of halogens is 1. The summed E-state index contributed by atoms with van der Waals surface area (Å²) in [5.41, 5.74) is 5.20. The molecular weight excluding hydrogens is 240 g/mol. The van der Waals surface area contributed by atoms with Gasteiger partial charge in [0, 0.05) is 5.88 Å². The summed E-state index contributed by atoms with van der Waals surface area (Å²) >= 11 is 5.87. The predicted molar refractivity (Wildman–Crippen MR) is 80.1 cm³/mol. The highest BCUT2D eigenvalue weighted by Gasteiger charge is 2.12. The summed E-state index contributed by atoms with van der Waals surface area (Å²) in [5, 5.41) is 0. The Kier molecular flexibility index (Phi) is 3.77. The maximum Gasteiger partial charge on any atom is 0.0474 e. The summed E-state index contributed by atoms with van der Waals surface area (Å²) in [5.74, 6) is 0.563. The lowest BCUT2D eigenvalue weighted by atomic mass is 9.86. The summed E-state index contributed by atoms with van der Waals surface area (Å²) in [4.78, 5) is 0. The fraction of sp³-hybridized carbons (Fsp3) is 0.294. The summed E-state index contributed by atoms with van der Waals surface area (Å²) < 4.78 is 0. The van der Waals surface area contributed by atoms with E-state index >= 15 is 0 Å². The third-order valence-electron chi connectivity index (χ3n) is 3.17. The fourth-order valence-corrected chi connectivity index (χ4v) is 2.16. The molecule has 0 saturated carbocycles. The molecule has 0 aliphatic heterocycles. The van der Waals surface area contributed by atoms with Crippen molar-refractivity contribution in [3.8, 4) is 11.1 Å². The quantitative estimate of drug-likeness (QED) is 0.634. The lowest BCUT2D eigenvalue weighted by Crippen LogP contribution is -2.10. The molecule has 1 heteroatoms. The maximum absolute atomic E-state index is 5.87. The first-order chi connectivity index (χ1) is 8.50. The van der Waals surface area contributed by atoms with Crippen molar-refractivity contribution in [1.82, 2.24) is 0 Å². The second kappa shape index (κ2) is 5.16. The molecule has 0 heterocycles. The van der Waals surface area contributed by atoms with Crippen LogP contribution in [0.5, 0.6) is 0 Å². The van der Waals surface area contributed by atoms with Crippen LogP contribution < -0.4 is 0 Å². The van der Waals surface area contributed by atoms with E-state index in [0.29, 0.717) is 5.88 Å². The molecular formula is C17H19Cl. The molecule has 0 bridgehead atoms. The van der Waals surface area contributed by atoms with Gasteiger partial charge in [-0.3, -0.25) is 0 Å². The van der Waals surface area contributed by atoms with E-state index in [4.69, 9.17) is 11.6 Å². The predicted octanol–water partition coefficient (Wildman–Crippen LogP) is 5.39. The number of benzene rings is 2. The zero-order valence-corrected chi connectivity index (χ0v) is 12.0. The van der Waals surface area contributed by atoms with E-state index < -0.39 is 0 Å². The van der Waals surface area contributed by atoms with Crippen LogP contribution in [0.15, 0.2) is 48.5 Å². The van der Waals surface area contributed by atoms with E-state index in [1.54, 1.807) is 0 Å². The molecule has 0 spiro atoms. The topological polar surface area (TPSA) is 0 Å². The molecule has 0 N–H and O–H groups in total. The smallest absolute Gasteiger partial charge is 0.0474 e. The van der Waals surface area contributed by atoms with E-state index in [2.05, 4.69) is 69.3 Å². The normalized spacial score (nSPS) is 11.6. The van der Waals surface area contributed by atoms with Crippen molar-refractivity contribution in [3.63, 3.8) is 0 Å². The number of alkyl halides is 1. The maximum atomic E-state index is 5.87. The van der Waals surface area contributed by atoms with Crippen LogP contribution in [-0.2, 0) is 11.3 Å². The Labute approximate surface area is 115 Å². The molecule has 0 aliphatic carbocycles. The molecule has 0 saturated heterocycles. The Balaban J connectivity index is 2.34. The molecule has 0 aromatic heterocycles. The molecule has 18 heavy (non-hydrogen) atoms. The molecule has 0 nitrogen and oxygen atoms in total. The summed E-state index contributed by atoms with van der Waals surface area (Å²) in [6, 6.07) is 17.2. The number of rotatable bonds is 2. The van der Waals surface area contributed by atoms with E-state index in [-0.39, 0.29) is 5.41 Å². The standard InChI is InChI=1S/C17H19Cl/c1-17(2,3)16-9-7-14(8-10-16)15-6-4-5-13(11-15)12-18/h4-11H,12H2,1-3H3. The third-order valence-corrected chi connectivity index (χ3v) is 3.47. The summed E-state index contributed by atoms with van der Waals surface area (Å²) in [7, 11) is 0. The van der Waals surface area contributed by atoms with Gasteiger partial charge in [0.25, 0.3) is 0 Å². The molecule has 0 unspecified atom stereocenters. The van der Waals surface area contributed by atoms with Crippen LogP contribution in [-0.4, -0.2) is 0 Å². The van der Waals surface area contributed by atoms with E-state index in [1.807, 2.05) is 0 Å². The zero-order valence-electron chi connectivity index (χ0n) is 11.2. The average Bonchev–Trinajstić information content (AvgIpc) is 2.38. The van der Waals surface area contributed by atoms with Gasteiger partial charge in [0.2, 0.25) is 0 Å². The van der Waals surface area contributed by atoms with Gasteiger partial charge in [0.15, 0.2) is 0 Å². The molecule has 2 aromatic carbocycles. The van der Waals surface area contributed by atoms with Crippen molar-refractivity contribution in [3.05, 3.63) is 59.7 Å². The number of hydrogen-bond donors (Lipinski definition) is 0. The second-order valence-electron chi connectivity index (χ2n) is 5.66. The van der Waals surface area contributed by atoms with Crippen LogP contribution in [0.2, 0.25) is 0 Å². The highest BCUT2D eigenvalue weighted by molar-refractivity contribution is 6.17. The Hall–Kier alpha value is -1.27. The minimum absolute atomic E-state index is 0.205. The van der Waals surface area contributed by atoms with Gasteiger partial charge >= 0.3 is 0 Å². The summed E-state index contributed by atoms with van der Waals surface area (Å²) in [6.45, 7) is 6.70. The Morgan fingerprint density at radius 1 is 0.889 bits per heavy atom. The van der Waals surface area contributed by atoms with Crippen LogP contribution in [0.1, 0.15) is 31.9 Å². The SMILES string of the molecule is CC(C)(C)c1ccc(-c2cccc(CCl)c2)cc1. The van der Waals surface area contributed by atoms with Gasteiger partial charge in [-0.05, 0) is 33.7 Å². The van der Waals surface area contributed by atoms with Crippen molar-refractivity contribution in [2.45, 2.75) is 32.1 Å². The first-order valence-corrected chi connectivity index (χ1v) is 6.80. The molecule has 2 rings (SSSR count). The average molecular weight is 259 g/mol. The molecule has 94 valence electrons. The molecule has 0 aliphatic rings. The molecule has 2 aromatic rings. The molecule has 0 radical (unpaired) electrons. The van der Waals surface area contributed by atoms with Gasteiger partial charge < -0.3 is 0 Å². The van der Waals surface area contributed by atoms with Gasteiger partial charge in [0.1, 0.15) is 0 Å². The van der Waals surface area contributed by atoms with Crippen LogP contribution in [0.25, 0.3) is 11.1 Å². The summed E-state index contributed by atoms with van der Waals surface area (Å²) in [6.07, 6.45) is 0. The Morgan fingerprint density at radius 3 is 2.11 bits per heavy atom. The third kappa shape index (κ3) is 2.94. The minimum Gasteiger partial charge on any atom is -0.122 e. The number of hydrogen-bond acceptors (Lipinski definition) is 0. The zero-order chi connectivity index (χ0) is 13.2. The molecule has 0 atom stereocenters. The highest BCUT2D eigenvalue weighted by atomic mass is 35.5. The minimum atomic E-state index is 0.205. The van der Waals surface area contributed by atoms with Gasteiger partial charge in [-0.15, -0.1) is 11.6 Å². The first-order valence-electron chi connectivity index (χ1n) is 6.26. The van der Waals surface area contributed by atoms with Gasteiger partial charge in [-0.2, -0.15) is 0 Å². The van der Waals surface area contributed by atoms with E-state index in [1.165, 1.54) is 16.7 Å². The van der Waals surface area contributed by atoms with Crippen LogP contribution >= 0.6 is 11.6 Å². The van der Waals surface area contributed by atoms with Gasteiger partial charge in [-0.25, -0.2) is 0 Å². The van der Waals surface area contributed by atoms with Crippen molar-refractivity contribution < 1.29 is 0 Å². The van der Waals surface area contributed by atoms with E-state index in [9.17, 15) is 0 Å². The van der Waals surface area contributed by atoms with Crippen LogP contribution in [0.4, 0.5) is 0 Å². The van der Waals surface area contributed by atoms with Crippen molar-refractivity contribution in [2.24, 2.45) is 0 Å². The Bertz CT molecular complexity index is 518. The van der Waals surface area contributed by atoms with Crippen molar-refractivity contribution >= 4 is 11.6 Å². The van der Waals surface area contributed by atoms with Crippen LogP contribution in [0, 0.1) is 0 Å². The van der Waals surface area contributed by atoms with Crippen molar-refractivity contribution in [1.29, 1.82) is 0 Å². The molecule has 0 amide bonds. The van der Waals surface area contributed by atoms with Gasteiger partial charge in [0.05, 0.1) is 0 Å². The second-order valence-corrected chi connectivity index (χ2v) is 5.93. The lowest BCUT2D eigenvalue weighted by molar-refractivity contribution is 0.590. The van der Waals surface area contributed by atoms with Crippen molar-refractivity contribution in [2.75, 3.05) is 0 Å². The van der Waals surface area contributed by atoms with Crippen LogP contribution in [0.3, 0.4) is 0 Å². The monoisotopic (exact) mass is 258 g/mol. The molecule has 0 fully saturated rings. The Morgan fingerprint density at radius 2 is 1.56 bits per heavy atom. The fourth-order valence-electron chi connectivity index (χ4n) is 2.00.